The van der Waals surface area contributed by atoms with Crippen LogP contribution in [-0.2, 0) is 0 Å². The Bertz CT molecular complexity index is 402. The molecule has 2 nitrogen and oxygen atoms in total. The van der Waals surface area contributed by atoms with Crippen molar-refractivity contribution in [2.75, 3.05) is 0 Å². The van der Waals surface area contributed by atoms with Crippen molar-refractivity contribution in [3.05, 3.63) is 30.3 Å². The van der Waals surface area contributed by atoms with Gasteiger partial charge in [0.1, 0.15) is 11.9 Å². The van der Waals surface area contributed by atoms with E-state index in [-0.39, 0.29) is 35.6 Å². The minimum atomic E-state index is -0.310. The summed E-state index contributed by atoms with van der Waals surface area (Å²) in [5.41, 5.74) is 6.01. The molecule has 1 aromatic rings. The molecule has 0 saturated heterocycles. The zero-order valence-corrected chi connectivity index (χ0v) is 19.0. The van der Waals surface area contributed by atoms with Gasteiger partial charge in [-0.25, -0.2) is 0 Å². The van der Waals surface area contributed by atoms with Crippen molar-refractivity contribution in [3.63, 3.8) is 0 Å². The number of ether oxygens (including phenoxy) is 1. The van der Waals surface area contributed by atoms with E-state index in [0.717, 1.165) is 12.2 Å². The van der Waals surface area contributed by atoms with E-state index in [0.29, 0.717) is 0 Å². The van der Waals surface area contributed by atoms with E-state index in [1.807, 2.05) is 30.3 Å². The van der Waals surface area contributed by atoms with Crippen LogP contribution in [0.15, 0.2) is 30.3 Å². The molecule has 25 heavy (non-hydrogen) atoms. The number of nitrogens with two attached hydrogens (primary N) is 1. The Morgan fingerprint density at radius 2 is 1.32 bits per heavy atom. The summed E-state index contributed by atoms with van der Waals surface area (Å²) in [5, 5.41) is 0. The molecule has 0 aliphatic carbocycles. The monoisotopic (exact) mass is 461 g/mol. The van der Waals surface area contributed by atoms with Gasteiger partial charge in [0.15, 0.2) is 0 Å². The predicted molar refractivity (Wildman–Crippen MR) is 121 cm³/mol. The van der Waals surface area contributed by atoms with Crippen LogP contribution in [0.5, 0.6) is 5.75 Å². The summed E-state index contributed by atoms with van der Waals surface area (Å²) in [5.74, 6) is 0.924. The molecule has 0 amide bonds. The molecule has 0 aliphatic heterocycles. The van der Waals surface area contributed by atoms with Gasteiger partial charge in [-0.2, -0.15) is 0 Å². The van der Waals surface area contributed by atoms with Crippen LogP contribution in [0.1, 0.15) is 91.4 Å². The minimum absolute atomic E-state index is 0. The first-order valence-electron chi connectivity index (χ1n) is 10.0. The highest BCUT2D eigenvalue weighted by Gasteiger charge is 2.26. The smallest absolute Gasteiger partial charge is 0.119 e. The normalized spacial score (nSPS) is 12.5. The average Bonchev–Trinajstić information content (AvgIpc) is 2.55. The molecule has 0 fully saturated rings. The maximum absolute atomic E-state index is 6.32. The summed E-state index contributed by atoms with van der Waals surface area (Å²) in [6.07, 6.45) is 14.7. The van der Waals surface area contributed by atoms with Crippen molar-refractivity contribution in [1.82, 2.24) is 0 Å². The number of benzene rings is 1. The van der Waals surface area contributed by atoms with Crippen molar-refractivity contribution in [2.24, 2.45) is 5.73 Å². The van der Waals surface area contributed by atoms with Gasteiger partial charge in [0.05, 0.1) is 0 Å². The van der Waals surface area contributed by atoms with Crippen LogP contribution >= 0.6 is 24.0 Å². The Morgan fingerprint density at radius 3 is 1.80 bits per heavy atom. The molecule has 1 rings (SSSR count). The average molecular weight is 461 g/mol. The van der Waals surface area contributed by atoms with Gasteiger partial charge >= 0.3 is 0 Å². The maximum Gasteiger partial charge on any atom is 0.119 e. The highest BCUT2D eigenvalue weighted by molar-refractivity contribution is 14.0. The Labute approximate surface area is 173 Å². The lowest BCUT2D eigenvalue weighted by Crippen LogP contribution is -2.48. The lowest BCUT2D eigenvalue weighted by atomic mass is 9.93. The molecule has 1 aromatic carbocycles. The van der Waals surface area contributed by atoms with Crippen LogP contribution in [0.2, 0.25) is 0 Å². The number of unbranched alkanes of at least 4 members (excludes halogenated alkanes) is 9. The molecule has 0 bridgehead atoms. The maximum atomic E-state index is 6.32. The number of hydrogen-bond donors (Lipinski definition) is 1. The molecule has 0 heterocycles. The number of rotatable bonds is 14. The zero-order chi connectivity index (χ0) is 17.7. The molecule has 0 aliphatic rings. The van der Waals surface area contributed by atoms with Crippen molar-refractivity contribution in [2.45, 2.75) is 103 Å². The van der Waals surface area contributed by atoms with Gasteiger partial charge in [0.2, 0.25) is 0 Å². The Morgan fingerprint density at radius 1 is 0.840 bits per heavy atom. The Kier molecular flexibility index (Phi) is 14.7. The van der Waals surface area contributed by atoms with Crippen LogP contribution in [0, 0.1) is 0 Å². The van der Waals surface area contributed by atoms with Crippen LogP contribution in [0.25, 0.3) is 0 Å². The number of para-hydroxylation sites is 1. The van der Waals surface area contributed by atoms with E-state index >= 15 is 0 Å². The standard InChI is InChI=1S/C22H39NO.HI/c1-4-5-6-7-8-9-10-11-12-16-19-21(22(2,3)23)24-20-17-14-13-15-18-20;/h13-15,17-18,21H,4-12,16,19,23H2,1-3H3;1H. The third-order valence-electron chi connectivity index (χ3n) is 4.67. The molecule has 0 aromatic heterocycles. The second kappa shape index (κ2) is 14.8. The summed E-state index contributed by atoms with van der Waals surface area (Å²) in [6.45, 7) is 6.41. The van der Waals surface area contributed by atoms with Crippen molar-refractivity contribution >= 4 is 24.0 Å². The minimum Gasteiger partial charge on any atom is -0.489 e. The first-order chi connectivity index (χ1) is 11.5. The van der Waals surface area contributed by atoms with E-state index in [1.165, 1.54) is 64.2 Å². The van der Waals surface area contributed by atoms with E-state index in [2.05, 4.69) is 20.8 Å². The molecular weight excluding hydrogens is 421 g/mol. The summed E-state index contributed by atoms with van der Waals surface area (Å²) in [7, 11) is 0. The lowest BCUT2D eigenvalue weighted by molar-refractivity contribution is 0.117. The van der Waals surface area contributed by atoms with E-state index in [1.54, 1.807) is 0 Å². The van der Waals surface area contributed by atoms with Gasteiger partial charge < -0.3 is 10.5 Å². The van der Waals surface area contributed by atoms with Crippen LogP contribution in [0.4, 0.5) is 0 Å². The van der Waals surface area contributed by atoms with Gasteiger partial charge in [-0.05, 0) is 38.8 Å². The Balaban J connectivity index is 0.00000576. The number of halogens is 1. The fourth-order valence-corrected chi connectivity index (χ4v) is 3.06. The fraction of sp³-hybridized carbons (Fsp3) is 0.727. The lowest BCUT2D eigenvalue weighted by Gasteiger charge is -2.31. The zero-order valence-electron chi connectivity index (χ0n) is 16.6. The molecule has 3 heteroatoms. The van der Waals surface area contributed by atoms with Gasteiger partial charge in [-0.15, -0.1) is 24.0 Å². The van der Waals surface area contributed by atoms with Gasteiger partial charge in [-0.3, -0.25) is 0 Å². The third kappa shape index (κ3) is 12.7. The van der Waals surface area contributed by atoms with E-state index < -0.39 is 0 Å². The quantitative estimate of drug-likeness (QED) is 0.237. The van der Waals surface area contributed by atoms with Gasteiger partial charge in [0.25, 0.3) is 0 Å². The highest BCUT2D eigenvalue weighted by atomic mass is 127. The SMILES string of the molecule is CCCCCCCCCCCCC(Oc1ccccc1)C(C)(C)N.I. The van der Waals surface area contributed by atoms with Gasteiger partial charge in [0, 0.05) is 5.54 Å². The summed E-state index contributed by atoms with van der Waals surface area (Å²) >= 11 is 0. The van der Waals surface area contributed by atoms with E-state index in [4.69, 9.17) is 10.5 Å². The van der Waals surface area contributed by atoms with Crippen molar-refractivity contribution in [1.29, 1.82) is 0 Å². The largest absolute Gasteiger partial charge is 0.489 e. The summed E-state index contributed by atoms with van der Waals surface area (Å²) in [6, 6.07) is 10.1. The predicted octanol–water partition coefficient (Wildman–Crippen LogP) is 7.10. The van der Waals surface area contributed by atoms with Crippen LogP contribution in [0.3, 0.4) is 0 Å². The topological polar surface area (TPSA) is 35.2 Å². The molecule has 146 valence electrons. The summed E-state index contributed by atoms with van der Waals surface area (Å²) in [4.78, 5) is 0. The van der Waals surface area contributed by atoms with E-state index in [9.17, 15) is 0 Å². The molecular formula is C22H40INO. The molecule has 1 unspecified atom stereocenters. The molecule has 0 spiro atoms. The summed E-state index contributed by atoms with van der Waals surface area (Å²) < 4.78 is 6.14. The third-order valence-corrected chi connectivity index (χ3v) is 4.67. The second-order valence-electron chi connectivity index (χ2n) is 7.71. The fourth-order valence-electron chi connectivity index (χ4n) is 3.06. The molecule has 0 radical (unpaired) electrons. The van der Waals surface area contributed by atoms with Crippen LogP contribution in [-0.4, -0.2) is 11.6 Å². The van der Waals surface area contributed by atoms with Gasteiger partial charge in [-0.1, -0.05) is 82.9 Å². The van der Waals surface area contributed by atoms with Crippen molar-refractivity contribution in [3.8, 4) is 5.75 Å². The Hall–Kier alpha value is -0.290. The van der Waals surface area contributed by atoms with Crippen molar-refractivity contribution < 1.29 is 4.74 Å². The molecule has 2 N–H and O–H groups in total. The number of hydrogen-bond acceptors (Lipinski definition) is 2. The van der Waals surface area contributed by atoms with Crippen LogP contribution < -0.4 is 10.5 Å². The second-order valence-corrected chi connectivity index (χ2v) is 7.71. The molecule has 0 saturated carbocycles. The first-order valence-corrected chi connectivity index (χ1v) is 10.0. The highest BCUT2D eigenvalue weighted by Crippen LogP contribution is 2.21. The first kappa shape index (κ1) is 24.7. The molecule has 1 atom stereocenters.